The quantitative estimate of drug-likeness (QED) is 0.497. The minimum atomic E-state index is 0.182. The second kappa shape index (κ2) is 11.4. The highest BCUT2D eigenvalue weighted by atomic mass is 35.5. The third-order valence-electron chi connectivity index (χ3n) is 5.57. The monoisotopic (exact) mass is 447 g/mol. The van der Waals surface area contributed by atoms with E-state index < -0.39 is 0 Å². The molecule has 170 valence electrons. The Morgan fingerprint density at radius 1 is 1.29 bits per heavy atom. The van der Waals surface area contributed by atoms with E-state index in [9.17, 15) is 0 Å². The summed E-state index contributed by atoms with van der Waals surface area (Å²) in [5, 5.41) is 4.18. The molecule has 0 bridgehead atoms. The second-order valence-corrected chi connectivity index (χ2v) is 8.18. The molecule has 1 unspecified atom stereocenters. The van der Waals surface area contributed by atoms with Crippen LogP contribution >= 0.6 is 11.6 Å². The Morgan fingerprint density at radius 3 is 2.58 bits per heavy atom. The van der Waals surface area contributed by atoms with Gasteiger partial charge in [0, 0.05) is 45.6 Å². The maximum Gasteiger partial charge on any atom is 0.194 e. The topological polar surface area (TPSA) is 54.3 Å². The number of aromatic nitrogens is 1. The number of rotatable bonds is 8. The van der Waals surface area contributed by atoms with Gasteiger partial charge in [0.1, 0.15) is 5.75 Å². The van der Waals surface area contributed by atoms with Crippen molar-refractivity contribution in [1.29, 1.82) is 0 Å². The van der Waals surface area contributed by atoms with Crippen molar-refractivity contribution in [1.82, 2.24) is 19.7 Å². The number of guanidine groups is 1. The molecule has 0 saturated carbocycles. The molecule has 7 nitrogen and oxygen atoms in total. The predicted octanol–water partition coefficient (Wildman–Crippen LogP) is 3.16. The van der Waals surface area contributed by atoms with E-state index >= 15 is 0 Å². The average Bonchev–Trinajstić information content (AvgIpc) is 3.10. The molecule has 1 aromatic carbocycles. The number of hydrogen-bond acceptors (Lipinski definition) is 4. The summed E-state index contributed by atoms with van der Waals surface area (Å²) in [4.78, 5) is 9.61. The fourth-order valence-electron chi connectivity index (χ4n) is 3.83. The number of nitrogens with one attached hydrogen (secondary N) is 1. The van der Waals surface area contributed by atoms with Crippen molar-refractivity contribution < 1.29 is 9.47 Å². The van der Waals surface area contributed by atoms with Crippen molar-refractivity contribution in [3.8, 4) is 5.75 Å². The van der Waals surface area contributed by atoms with Gasteiger partial charge in [0.15, 0.2) is 5.96 Å². The molecule has 0 amide bonds. The maximum absolute atomic E-state index is 6.16. The largest absolute Gasteiger partial charge is 0.497 e. The third kappa shape index (κ3) is 6.38. The van der Waals surface area contributed by atoms with Crippen LogP contribution in [0.1, 0.15) is 24.2 Å². The Hall–Kier alpha value is -2.22. The molecule has 3 rings (SSSR count). The van der Waals surface area contributed by atoms with Gasteiger partial charge in [-0.1, -0.05) is 23.7 Å². The van der Waals surface area contributed by atoms with E-state index in [1.807, 2.05) is 31.4 Å². The molecule has 2 aromatic rings. The Kier molecular flexibility index (Phi) is 8.63. The van der Waals surface area contributed by atoms with Crippen molar-refractivity contribution >= 4 is 17.6 Å². The summed E-state index contributed by atoms with van der Waals surface area (Å²) in [7, 11) is 5.76. The van der Waals surface area contributed by atoms with Gasteiger partial charge in [-0.15, -0.1) is 0 Å². The van der Waals surface area contributed by atoms with Crippen LogP contribution in [0.2, 0.25) is 5.02 Å². The Balaban J connectivity index is 1.79. The number of halogens is 1. The van der Waals surface area contributed by atoms with E-state index in [2.05, 4.69) is 45.8 Å². The number of nitrogens with zero attached hydrogens (tertiary/aromatic N) is 4. The molecule has 1 aliphatic heterocycles. The highest BCUT2D eigenvalue weighted by Gasteiger charge is 2.23. The van der Waals surface area contributed by atoms with E-state index in [4.69, 9.17) is 26.1 Å². The van der Waals surface area contributed by atoms with E-state index in [-0.39, 0.29) is 6.04 Å². The van der Waals surface area contributed by atoms with Gasteiger partial charge in [0.05, 0.1) is 44.5 Å². The first-order chi connectivity index (χ1) is 15.0. The van der Waals surface area contributed by atoms with Crippen LogP contribution in [0.15, 0.2) is 41.5 Å². The van der Waals surface area contributed by atoms with Gasteiger partial charge < -0.3 is 24.3 Å². The molecule has 8 heteroatoms. The maximum atomic E-state index is 6.16. The molecule has 1 fully saturated rings. The molecule has 1 aliphatic rings. The number of benzene rings is 1. The first kappa shape index (κ1) is 23.4. The number of methoxy groups -OCH3 is 1. The third-order valence-corrected chi connectivity index (χ3v) is 5.78. The minimum Gasteiger partial charge on any atom is -0.497 e. The van der Waals surface area contributed by atoms with Gasteiger partial charge in [0.25, 0.3) is 0 Å². The lowest BCUT2D eigenvalue weighted by Crippen LogP contribution is -2.42. The highest BCUT2D eigenvalue weighted by molar-refractivity contribution is 6.30. The number of aryl methyl sites for hydroxylation is 1. The Bertz CT molecular complexity index is 846. The fraction of sp³-hybridized carbons (Fsp3) is 0.522. The van der Waals surface area contributed by atoms with Gasteiger partial charge >= 0.3 is 0 Å². The lowest BCUT2D eigenvalue weighted by Gasteiger charge is -2.34. The smallest absolute Gasteiger partial charge is 0.194 e. The van der Waals surface area contributed by atoms with Gasteiger partial charge in [0.2, 0.25) is 0 Å². The lowest BCUT2D eigenvalue weighted by atomic mass is 10.0. The summed E-state index contributed by atoms with van der Waals surface area (Å²) in [6.45, 7) is 7.59. The molecule has 0 radical (unpaired) electrons. The Labute approximate surface area is 190 Å². The Morgan fingerprint density at radius 2 is 2.00 bits per heavy atom. The average molecular weight is 448 g/mol. The minimum absolute atomic E-state index is 0.182. The summed E-state index contributed by atoms with van der Waals surface area (Å²) in [5.74, 6) is 1.74. The molecule has 1 N–H and O–H groups in total. The van der Waals surface area contributed by atoms with Crippen molar-refractivity contribution in [2.45, 2.75) is 19.5 Å². The van der Waals surface area contributed by atoms with Crippen LogP contribution in [0.3, 0.4) is 0 Å². The summed E-state index contributed by atoms with van der Waals surface area (Å²) in [6.07, 6.45) is 1.92. The molecule has 0 spiro atoms. The molecule has 2 heterocycles. The molecule has 0 aliphatic carbocycles. The molecular weight excluding hydrogens is 414 g/mol. The van der Waals surface area contributed by atoms with Crippen LogP contribution in [0.4, 0.5) is 0 Å². The standard InChI is InChI=1S/C23H34ClN5O2/c1-5-25-23(28(3)17-20-14-19(24)16-27(20)2)26-15-22(29-10-12-31-13-11-29)18-6-8-21(30-4)9-7-18/h6-9,14,16,22H,5,10-13,15,17H2,1-4H3,(H,25,26). The van der Waals surface area contributed by atoms with Crippen molar-refractivity contribution in [3.63, 3.8) is 0 Å². The van der Waals surface area contributed by atoms with Crippen LogP contribution in [0.25, 0.3) is 0 Å². The highest BCUT2D eigenvalue weighted by Crippen LogP contribution is 2.25. The second-order valence-electron chi connectivity index (χ2n) is 7.75. The number of aliphatic imine (C=N–C) groups is 1. The van der Waals surface area contributed by atoms with Crippen LogP contribution in [0, 0.1) is 0 Å². The van der Waals surface area contributed by atoms with Gasteiger partial charge in [-0.3, -0.25) is 9.89 Å². The fourth-order valence-corrected chi connectivity index (χ4v) is 4.10. The van der Waals surface area contributed by atoms with Gasteiger partial charge in [-0.05, 0) is 30.7 Å². The van der Waals surface area contributed by atoms with Gasteiger partial charge in [-0.2, -0.15) is 0 Å². The van der Waals surface area contributed by atoms with E-state index in [0.29, 0.717) is 6.54 Å². The first-order valence-corrected chi connectivity index (χ1v) is 11.2. The van der Waals surface area contributed by atoms with Gasteiger partial charge in [-0.25, -0.2) is 0 Å². The summed E-state index contributed by atoms with van der Waals surface area (Å²) >= 11 is 6.16. The van der Waals surface area contributed by atoms with Crippen LogP contribution in [-0.4, -0.2) is 73.9 Å². The zero-order valence-corrected chi connectivity index (χ0v) is 19.7. The van der Waals surface area contributed by atoms with E-state index in [1.54, 1.807) is 7.11 Å². The summed E-state index contributed by atoms with van der Waals surface area (Å²) in [5.41, 5.74) is 2.37. The number of morpholine rings is 1. The van der Waals surface area contributed by atoms with Crippen molar-refractivity contribution in [2.75, 3.05) is 53.6 Å². The van der Waals surface area contributed by atoms with Crippen LogP contribution in [0.5, 0.6) is 5.75 Å². The molecular formula is C23H34ClN5O2. The number of ether oxygens (including phenoxy) is 2. The SMILES string of the molecule is CCNC(=NCC(c1ccc(OC)cc1)N1CCOCC1)N(C)Cc1cc(Cl)cn1C. The summed E-state index contributed by atoms with van der Waals surface area (Å²) in [6, 6.07) is 10.5. The molecule has 1 aromatic heterocycles. The van der Waals surface area contributed by atoms with E-state index in [0.717, 1.165) is 61.8 Å². The first-order valence-electron chi connectivity index (χ1n) is 10.8. The van der Waals surface area contributed by atoms with E-state index in [1.165, 1.54) is 5.56 Å². The van der Waals surface area contributed by atoms with Crippen LogP contribution in [-0.2, 0) is 18.3 Å². The normalized spacial score (nSPS) is 16.2. The number of hydrogen-bond donors (Lipinski definition) is 1. The molecule has 1 atom stereocenters. The molecule has 31 heavy (non-hydrogen) atoms. The predicted molar refractivity (Wildman–Crippen MR) is 126 cm³/mol. The summed E-state index contributed by atoms with van der Waals surface area (Å²) < 4.78 is 13.0. The zero-order chi connectivity index (χ0) is 22.2. The lowest BCUT2D eigenvalue weighted by molar-refractivity contribution is 0.0179. The molecule has 1 saturated heterocycles. The van der Waals surface area contributed by atoms with Crippen molar-refractivity contribution in [2.24, 2.45) is 12.0 Å². The van der Waals surface area contributed by atoms with Crippen molar-refractivity contribution in [3.05, 3.63) is 52.8 Å². The van der Waals surface area contributed by atoms with Crippen LogP contribution < -0.4 is 10.1 Å². The zero-order valence-electron chi connectivity index (χ0n) is 19.0.